The zero-order valence-corrected chi connectivity index (χ0v) is 13.1. The standard InChI is InChI=1S/C16H26O4/c1-6-14(16(18)20-13(4)5)10-8-7-9-11-15(17)19-12(2)3/h6-7,9,12-13H,8,10-11H2,1-5H3/b9-7+,14-6+. The largest absolute Gasteiger partial charge is 0.463 e. The third-order valence-electron chi connectivity index (χ3n) is 2.35. The minimum atomic E-state index is -0.268. The smallest absolute Gasteiger partial charge is 0.333 e. The highest BCUT2D eigenvalue weighted by molar-refractivity contribution is 5.88. The van der Waals surface area contributed by atoms with Crippen LogP contribution < -0.4 is 0 Å². The monoisotopic (exact) mass is 282 g/mol. The fourth-order valence-electron chi connectivity index (χ4n) is 1.50. The van der Waals surface area contributed by atoms with Crippen LogP contribution >= 0.6 is 0 Å². The summed E-state index contributed by atoms with van der Waals surface area (Å²) >= 11 is 0. The van der Waals surface area contributed by atoms with E-state index in [-0.39, 0.29) is 30.6 Å². The normalized spacial score (nSPS) is 12.2. The lowest BCUT2D eigenvalue weighted by molar-refractivity contribution is -0.146. The van der Waals surface area contributed by atoms with E-state index >= 15 is 0 Å². The molecule has 0 bridgehead atoms. The predicted molar refractivity (Wildman–Crippen MR) is 79.2 cm³/mol. The first-order valence-corrected chi connectivity index (χ1v) is 7.07. The fraction of sp³-hybridized carbons (Fsp3) is 0.625. The van der Waals surface area contributed by atoms with Gasteiger partial charge < -0.3 is 9.47 Å². The van der Waals surface area contributed by atoms with E-state index in [4.69, 9.17) is 9.47 Å². The number of ether oxygens (including phenoxy) is 2. The van der Waals surface area contributed by atoms with E-state index in [2.05, 4.69) is 0 Å². The highest BCUT2D eigenvalue weighted by Crippen LogP contribution is 2.10. The number of hydrogen-bond donors (Lipinski definition) is 0. The lowest BCUT2D eigenvalue weighted by Crippen LogP contribution is -2.13. The third kappa shape index (κ3) is 9.36. The first-order valence-electron chi connectivity index (χ1n) is 7.07. The van der Waals surface area contributed by atoms with Crippen LogP contribution in [0.15, 0.2) is 23.8 Å². The summed E-state index contributed by atoms with van der Waals surface area (Å²) in [5.41, 5.74) is 0.660. The fourth-order valence-corrected chi connectivity index (χ4v) is 1.50. The Morgan fingerprint density at radius 1 is 1.00 bits per heavy atom. The molecule has 0 spiro atoms. The van der Waals surface area contributed by atoms with Gasteiger partial charge in [0.05, 0.1) is 18.6 Å². The second-order valence-electron chi connectivity index (χ2n) is 5.02. The maximum Gasteiger partial charge on any atom is 0.333 e. The first kappa shape index (κ1) is 18.4. The van der Waals surface area contributed by atoms with Gasteiger partial charge in [-0.25, -0.2) is 4.79 Å². The van der Waals surface area contributed by atoms with Gasteiger partial charge in [-0.15, -0.1) is 0 Å². The highest BCUT2D eigenvalue weighted by atomic mass is 16.5. The van der Waals surface area contributed by atoms with Gasteiger partial charge in [-0.2, -0.15) is 0 Å². The van der Waals surface area contributed by atoms with E-state index < -0.39 is 0 Å². The Morgan fingerprint density at radius 3 is 2.10 bits per heavy atom. The molecule has 0 heterocycles. The Morgan fingerprint density at radius 2 is 1.60 bits per heavy atom. The van der Waals surface area contributed by atoms with Crippen molar-refractivity contribution in [3.8, 4) is 0 Å². The van der Waals surface area contributed by atoms with Crippen LogP contribution in [-0.2, 0) is 19.1 Å². The number of carbonyl (C=O) groups is 2. The van der Waals surface area contributed by atoms with E-state index in [1.54, 1.807) is 12.2 Å². The summed E-state index contributed by atoms with van der Waals surface area (Å²) in [5, 5.41) is 0. The van der Waals surface area contributed by atoms with Crippen molar-refractivity contribution in [2.45, 2.75) is 66.1 Å². The molecule has 20 heavy (non-hydrogen) atoms. The van der Waals surface area contributed by atoms with Gasteiger partial charge in [-0.3, -0.25) is 4.79 Å². The molecule has 0 atom stereocenters. The van der Waals surface area contributed by atoms with Gasteiger partial charge in [0.2, 0.25) is 0 Å². The van der Waals surface area contributed by atoms with E-state index in [0.29, 0.717) is 18.4 Å². The van der Waals surface area contributed by atoms with Crippen LogP contribution in [0.3, 0.4) is 0 Å². The third-order valence-corrected chi connectivity index (χ3v) is 2.35. The lowest BCUT2D eigenvalue weighted by Gasteiger charge is -2.09. The number of allylic oxidation sites excluding steroid dienone is 2. The Balaban J connectivity index is 4.03. The summed E-state index contributed by atoms with van der Waals surface area (Å²) < 4.78 is 10.1. The summed E-state index contributed by atoms with van der Waals surface area (Å²) in [6.45, 7) is 9.11. The zero-order chi connectivity index (χ0) is 15.5. The van der Waals surface area contributed by atoms with Gasteiger partial charge in [0.1, 0.15) is 0 Å². The molecular formula is C16H26O4. The van der Waals surface area contributed by atoms with Gasteiger partial charge in [-0.05, 0) is 47.5 Å². The van der Waals surface area contributed by atoms with E-state index in [9.17, 15) is 9.59 Å². The van der Waals surface area contributed by atoms with Crippen molar-refractivity contribution >= 4 is 11.9 Å². The quantitative estimate of drug-likeness (QED) is 0.388. The van der Waals surface area contributed by atoms with Gasteiger partial charge in [-0.1, -0.05) is 18.2 Å². The topological polar surface area (TPSA) is 52.6 Å². The second kappa shape index (κ2) is 10.2. The molecule has 0 aliphatic heterocycles. The highest BCUT2D eigenvalue weighted by Gasteiger charge is 2.10. The van der Waals surface area contributed by atoms with Crippen molar-refractivity contribution in [3.63, 3.8) is 0 Å². The van der Waals surface area contributed by atoms with Gasteiger partial charge in [0.15, 0.2) is 0 Å². The van der Waals surface area contributed by atoms with Crippen LogP contribution in [0.25, 0.3) is 0 Å². The summed E-state index contributed by atoms with van der Waals surface area (Å²) in [5.74, 6) is -0.503. The molecule has 0 unspecified atom stereocenters. The Labute approximate surface area is 121 Å². The predicted octanol–water partition coefficient (Wildman–Crippen LogP) is 3.56. The molecule has 114 valence electrons. The number of carbonyl (C=O) groups excluding carboxylic acids is 2. The molecule has 0 fully saturated rings. The molecule has 0 aromatic carbocycles. The molecule has 0 saturated heterocycles. The number of rotatable bonds is 8. The summed E-state index contributed by atoms with van der Waals surface area (Å²) in [6, 6.07) is 0. The summed E-state index contributed by atoms with van der Waals surface area (Å²) in [4.78, 5) is 23.0. The second-order valence-corrected chi connectivity index (χ2v) is 5.02. The number of hydrogen-bond acceptors (Lipinski definition) is 4. The van der Waals surface area contributed by atoms with Crippen molar-refractivity contribution < 1.29 is 19.1 Å². The molecule has 4 heteroatoms. The maximum atomic E-state index is 11.7. The Bertz CT molecular complexity index is 365. The molecule has 0 aromatic rings. The van der Waals surface area contributed by atoms with Crippen molar-refractivity contribution in [1.82, 2.24) is 0 Å². The molecule has 0 rings (SSSR count). The van der Waals surface area contributed by atoms with Crippen LogP contribution in [-0.4, -0.2) is 24.1 Å². The minimum absolute atomic E-state index is 0.0867. The molecule has 0 aliphatic carbocycles. The molecule has 0 radical (unpaired) electrons. The zero-order valence-electron chi connectivity index (χ0n) is 13.1. The van der Waals surface area contributed by atoms with Crippen molar-refractivity contribution in [2.75, 3.05) is 0 Å². The summed E-state index contributed by atoms with van der Waals surface area (Å²) in [7, 11) is 0. The molecule has 0 aromatic heterocycles. The summed E-state index contributed by atoms with van der Waals surface area (Å²) in [6.07, 6.45) is 6.79. The molecular weight excluding hydrogens is 256 g/mol. The molecule has 0 aliphatic rings. The van der Waals surface area contributed by atoms with Crippen molar-refractivity contribution in [3.05, 3.63) is 23.8 Å². The molecule has 0 saturated carbocycles. The molecule has 0 N–H and O–H groups in total. The first-order chi connectivity index (χ1) is 9.36. The van der Waals surface area contributed by atoms with Crippen molar-refractivity contribution in [1.29, 1.82) is 0 Å². The van der Waals surface area contributed by atoms with E-state index in [1.807, 2.05) is 40.7 Å². The maximum absolute atomic E-state index is 11.7. The van der Waals surface area contributed by atoms with Crippen LogP contribution in [0, 0.1) is 0 Å². The average Bonchev–Trinajstić information content (AvgIpc) is 2.31. The van der Waals surface area contributed by atoms with Crippen LogP contribution in [0.4, 0.5) is 0 Å². The van der Waals surface area contributed by atoms with Crippen molar-refractivity contribution in [2.24, 2.45) is 0 Å². The SMILES string of the molecule is C/C=C(\CC/C=C/CC(=O)OC(C)C)C(=O)OC(C)C. The van der Waals surface area contributed by atoms with Crippen LogP contribution in [0.1, 0.15) is 53.9 Å². The Hall–Kier alpha value is -1.58. The van der Waals surface area contributed by atoms with E-state index in [1.165, 1.54) is 0 Å². The molecule has 0 amide bonds. The van der Waals surface area contributed by atoms with Gasteiger partial charge in [0.25, 0.3) is 0 Å². The minimum Gasteiger partial charge on any atom is -0.463 e. The number of esters is 2. The van der Waals surface area contributed by atoms with Gasteiger partial charge in [0, 0.05) is 5.57 Å². The Kier molecular flexibility index (Phi) is 9.43. The average molecular weight is 282 g/mol. The van der Waals surface area contributed by atoms with Gasteiger partial charge >= 0.3 is 11.9 Å². The molecule has 4 nitrogen and oxygen atoms in total. The van der Waals surface area contributed by atoms with Crippen LogP contribution in [0.5, 0.6) is 0 Å². The lowest BCUT2D eigenvalue weighted by atomic mass is 10.1. The van der Waals surface area contributed by atoms with E-state index in [0.717, 1.165) is 0 Å². The van der Waals surface area contributed by atoms with Crippen LogP contribution in [0.2, 0.25) is 0 Å².